The summed E-state index contributed by atoms with van der Waals surface area (Å²) in [5.74, 6) is 0.851. The molecule has 2 atom stereocenters. The molecule has 0 spiro atoms. The molecule has 0 bridgehead atoms. The van der Waals surface area contributed by atoms with Crippen LogP contribution in [0.1, 0.15) is 50.1 Å². The summed E-state index contributed by atoms with van der Waals surface area (Å²) in [4.78, 5) is 19.9. The van der Waals surface area contributed by atoms with Gasteiger partial charge < -0.3 is 19.7 Å². The lowest BCUT2D eigenvalue weighted by Gasteiger charge is -2.34. The highest BCUT2D eigenvalue weighted by atomic mass is 16.5. The van der Waals surface area contributed by atoms with Gasteiger partial charge in [0.25, 0.3) is 0 Å². The molecule has 1 saturated heterocycles. The zero-order valence-electron chi connectivity index (χ0n) is 23.6. The smallest absolute Gasteiger partial charge is 0.250 e. The standard InChI is InChI=1S/C28H37N9O3/c1-18(17-39-4)32-27-29-15-25-22(12-24(37(25)34-27)19-5-6-20-13-30-33-23(20)11-19)21-14-31-36(16-21)28(2,3)26(38)35-7-9-40-10-8-35/h12-16,18-19H,5-11,17H2,1-4H3,(H,30,33)(H,32,34)/t18-,19+/m0/s1. The summed E-state index contributed by atoms with van der Waals surface area (Å²) in [7, 11) is 1.68. The average molecular weight is 548 g/mol. The minimum atomic E-state index is -0.834. The normalized spacial score (nSPS) is 18.6. The number of aryl methyl sites for hydroxylation is 1. The Morgan fingerprint density at radius 3 is 2.90 bits per heavy atom. The summed E-state index contributed by atoms with van der Waals surface area (Å²) in [5, 5.41) is 20.4. The summed E-state index contributed by atoms with van der Waals surface area (Å²) in [5.41, 5.74) is 5.56. The maximum Gasteiger partial charge on any atom is 0.250 e. The Hall–Kier alpha value is -3.77. The second kappa shape index (κ2) is 10.7. The minimum Gasteiger partial charge on any atom is -0.383 e. The van der Waals surface area contributed by atoms with Crippen LogP contribution in [0.15, 0.2) is 30.9 Å². The molecule has 5 heterocycles. The number of hydrogen-bond donors (Lipinski definition) is 2. The molecule has 6 rings (SSSR count). The maximum absolute atomic E-state index is 13.4. The number of aromatic amines is 1. The Balaban J connectivity index is 1.36. The van der Waals surface area contributed by atoms with Crippen LogP contribution >= 0.6 is 0 Å². The van der Waals surface area contributed by atoms with Gasteiger partial charge in [0, 0.05) is 60.9 Å². The van der Waals surface area contributed by atoms with E-state index in [1.807, 2.05) is 55.0 Å². The van der Waals surface area contributed by atoms with E-state index in [0.29, 0.717) is 38.9 Å². The van der Waals surface area contributed by atoms with Crippen LogP contribution < -0.4 is 5.32 Å². The van der Waals surface area contributed by atoms with E-state index < -0.39 is 5.54 Å². The molecule has 1 amide bonds. The van der Waals surface area contributed by atoms with Gasteiger partial charge in [-0.2, -0.15) is 10.2 Å². The van der Waals surface area contributed by atoms with Crippen LogP contribution in [0.4, 0.5) is 5.95 Å². The average Bonchev–Trinajstić information content (AvgIpc) is 3.71. The Morgan fingerprint density at radius 1 is 1.27 bits per heavy atom. The van der Waals surface area contributed by atoms with E-state index in [-0.39, 0.29) is 17.9 Å². The fourth-order valence-electron chi connectivity index (χ4n) is 5.79. The topological polar surface area (TPSA) is 127 Å². The number of ether oxygens (including phenoxy) is 2. The van der Waals surface area contributed by atoms with E-state index >= 15 is 0 Å². The van der Waals surface area contributed by atoms with Crippen LogP contribution in [0, 0.1) is 0 Å². The first kappa shape index (κ1) is 26.5. The number of methoxy groups -OCH3 is 1. The number of H-pyrrole nitrogens is 1. The van der Waals surface area contributed by atoms with Gasteiger partial charge in [0.2, 0.25) is 11.9 Å². The second-order valence-electron chi connectivity index (χ2n) is 11.3. The van der Waals surface area contributed by atoms with E-state index in [2.05, 4.69) is 31.7 Å². The van der Waals surface area contributed by atoms with Gasteiger partial charge >= 0.3 is 0 Å². The molecule has 0 aromatic carbocycles. The molecule has 2 aliphatic rings. The lowest BCUT2D eigenvalue weighted by molar-refractivity contribution is -0.143. The third-order valence-electron chi connectivity index (χ3n) is 8.06. The molecule has 12 nitrogen and oxygen atoms in total. The molecule has 4 aromatic heterocycles. The van der Waals surface area contributed by atoms with Gasteiger partial charge in [-0.15, -0.1) is 5.10 Å². The molecule has 1 fully saturated rings. The molecule has 12 heteroatoms. The predicted molar refractivity (Wildman–Crippen MR) is 149 cm³/mol. The molecule has 40 heavy (non-hydrogen) atoms. The third-order valence-corrected chi connectivity index (χ3v) is 8.06. The van der Waals surface area contributed by atoms with Crippen LogP contribution in [0.25, 0.3) is 16.6 Å². The summed E-state index contributed by atoms with van der Waals surface area (Å²) in [6.07, 6.45) is 10.4. The quantitative estimate of drug-likeness (QED) is 0.345. The van der Waals surface area contributed by atoms with Crippen molar-refractivity contribution in [3.05, 3.63) is 47.8 Å². The molecule has 0 radical (unpaired) electrons. The predicted octanol–water partition coefficient (Wildman–Crippen LogP) is 2.63. The van der Waals surface area contributed by atoms with Crippen molar-refractivity contribution in [3.63, 3.8) is 0 Å². The fourth-order valence-corrected chi connectivity index (χ4v) is 5.79. The van der Waals surface area contributed by atoms with Crippen molar-refractivity contribution < 1.29 is 14.3 Å². The Bertz CT molecular complexity index is 1500. The molecule has 0 saturated carbocycles. The number of nitrogens with one attached hydrogen (secondary N) is 2. The van der Waals surface area contributed by atoms with Crippen LogP contribution in [0.2, 0.25) is 0 Å². The van der Waals surface area contributed by atoms with Gasteiger partial charge in [-0.05, 0) is 51.7 Å². The molecule has 1 aliphatic heterocycles. The van der Waals surface area contributed by atoms with Crippen LogP contribution in [-0.4, -0.2) is 91.4 Å². The molecule has 4 aromatic rings. The SMILES string of the molecule is COC[C@H](C)Nc1ncc2c(-c3cnn(C(C)(C)C(=O)N4CCOCC4)c3)cc([C@@H]3CCc4cn[nH]c4C3)n2n1. The van der Waals surface area contributed by atoms with Crippen LogP contribution in [0.5, 0.6) is 0 Å². The highest BCUT2D eigenvalue weighted by molar-refractivity contribution is 5.85. The molecule has 212 valence electrons. The lowest BCUT2D eigenvalue weighted by Crippen LogP contribution is -2.51. The summed E-state index contributed by atoms with van der Waals surface area (Å²) in [6.45, 7) is 8.74. The number of nitrogens with zero attached hydrogens (tertiary/aromatic N) is 7. The van der Waals surface area contributed by atoms with Crippen molar-refractivity contribution in [2.45, 2.75) is 57.5 Å². The molecule has 2 N–H and O–H groups in total. The Kier molecular flexibility index (Phi) is 7.05. The first-order chi connectivity index (χ1) is 19.3. The Labute approximate surface area is 233 Å². The summed E-state index contributed by atoms with van der Waals surface area (Å²) in [6, 6.07) is 2.27. The maximum atomic E-state index is 13.4. The largest absolute Gasteiger partial charge is 0.383 e. The van der Waals surface area contributed by atoms with Gasteiger partial charge in [-0.3, -0.25) is 14.6 Å². The lowest BCUT2D eigenvalue weighted by atomic mass is 9.86. The van der Waals surface area contributed by atoms with Crippen LogP contribution in [0.3, 0.4) is 0 Å². The van der Waals surface area contributed by atoms with Crippen molar-refractivity contribution in [2.75, 3.05) is 45.3 Å². The van der Waals surface area contributed by atoms with Crippen molar-refractivity contribution in [1.82, 2.24) is 39.5 Å². The molecular formula is C28H37N9O3. The van der Waals surface area contributed by atoms with Gasteiger partial charge in [0.1, 0.15) is 5.54 Å². The molecular weight excluding hydrogens is 510 g/mol. The highest BCUT2D eigenvalue weighted by Crippen LogP contribution is 2.37. The number of morpholine rings is 1. The van der Waals surface area contributed by atoms with Crippen molar-refractivity contribution in [2.24, 2.45) is 0 Å². The fraction of sp³-hybridized carbons (Fsp3) is 0.536. The number of fused-ring (bicyclic) bond motifs is 2. The molecule has 1 aliphatic carbocycles. The zero-order chi connectivity index (χ0) is 27.9. The first-order valence-corrected chi connectivity index (χ1v) is 13.9. The van der Waals surface area contributed by atoms with E-state index in [0.717, 1.165) is 41.6 Å². The number of amides is 1. The number of aromatic nitrogens is 7. The number of carbonyl (C=O) groups is 1. The Morgan fingerprint density at radius 2 is 2.10 bits per heavy atom. The summed E-state index contributed by atoms with van der Waals surface area (Å²) < 4.78 is 14.5. The van der Waals surface area contributed by atoms with Gasteiger partial charge in [0.15, 0.2) is 0 Å². The van der Waals surface area contributed by atoms with Gasteiger partial charge in [-0.25, -0.2) is 9.50 Å². The minimum absolute atomic E-state index is 0.0367. The van der Waals surface area contributed by atoms with Crippen LogP contribution in [-0.2, 0) is 32.6 Å². The van der Waals surface area contributed by atoms with Gasteiger partial charge in [-0.1, -0.05) is 0 Å². The molecule has 0 unspecified atom stereocenters. The monoisotopic (exact) mass is 547 g/mol. The number of anilines is 1. The number of rotatable bonds is 8. The van der Waals surface area contributed by atoms with E-state index in [9.17, 15) is 4.79 Å². The summed E-state index contributed by atoms with van der Waals surface area (Å²) >= 11 is 0. The van der Waals surface area contributed by atoms with E-state index in [1.54, 1.807) is 11.8 Å². The first-order valence-electron chi connectivity index (χ1n) is 13.9. The number of carbonyl (C=O) groups excluding carboxylic acids is 1. The van der Waals surface area contributed by atoms with Gasteiger partial charge in [0.05, 0.1) is 43.9 Å². The number of hydrogen-bond acceptors (Lipinski definition) is 8. The van der Waals surface area contributed by atoms with Crippen molar-refractivity contribution in [3.8, 4) is 11.1 Å². The van der Waals surface area contributed by atoms with E-state index in [4.69, 9.17) is 14.6 Å². The third kappa shape index (κ3) is 4.86. The van der Waals surface area contributed by atoms with Crippen molar-refractivity contribution >= 4 is 17.4 Å². The second-order valence-corrected chi connectivity index (χ2v) is 11.3. The van der Waals surface area contributed by atoms with Crippen molar-refractivity contribution in [1.29, 1.82) is 0 Å². The zero-order valence-corrected chi connectivity index (χ0v) is 23.6. The highest BCUT2D eigenvalue weighted by Gasteiger charge is 2.36. The van der Waals surface area contributed by atoms with E-state index in [1.165, 1.54) is 11.3 Å².